The molecular weight excluding hydrogens is 336 g/mol. The Bertz CT molecular complexity index is 355. The number of hydrogen-bond donors (Lipinski definition) is 0. The summed E-state index contributed by atoms with van der Waals surface area (Å²) in [6, 6.07) is 0.903. The zero-order valence-corrected chi connectivity index (χ0v) is 19.3. The van der Waals surface area contributed by atoms with Crippen molar-refractivity contribution < 1.29 is 13.3 Å². The fraction of sp³-hybridized carbons (Fsp3) is 1.00. The Kier molecular flexibility index (Phi) is 8.59. The van der Waals surface area contributed by atoms with Crippen molar-refractivity contribution in [3.05, 3.63) is 0 Å². The number of rotatable bonds is 9. The Labute approximate surface area is 152 Å². The molecule has 0 radical (unpaired) electrons. The predicted molar refractivity (Wildman–Crippen MR) is 106 cm³/mol. The Morgan fingerprint density at radius 2 is 1.33 bits per heavy atom. The van der Waals surface area contributed by atoms with Gasteiger partial charge in [-0.1, -0.05) is 33.9 Å². The zero-order valence-electron chi connectivity index (χ0n) is 17.3. The lowest BCUT2D eigenvalue weighted by atomic mass is 10.2. The van der Waals surface area contributed by atoms with Gasteiger partial charge in [-0.2, -0.15) is 0 Å². The predicted octanol–water partition coefficient (Wildman–Crippen LogP) is 3.27. The number of unbranched alkanes of at least 4 members (excludes halogenated alkanes) is 1. The standard InChI is InChI=1S/C17H40N2O3Si2/c1-17(2,3)23(7,8)19-14-12-18(13-15-19)11-9-10-16-24(20-4,21-5)22-6/h9-16H2,1-8H3. The molecular formula is C17H40N2O3Si2. The quantitative estimate of drug-likeness (QED) is 0.456. The molecule has 0 atom stereocenters. The monoisotopic (exact) mass is 376 g/mol. The second-order valence-corrected chi connectivity index (χ2v) is 16.7. The van der Waals surface area contributed by atoms with Crippen LogP contribution >= 0.6 is 0 Å². The summed E-state index contributed by atoms with van der Waals surface area (Å²) in [5, 5.41) is 0.434. The molecule has 0 saturated carbocycles. The van der Waals surface area contributed by atoms with Gasteiger partial charge in [0.05, 0.1) is 0 Å². The second-order valence-electron chi connectivity index (χ2n) is 8.39. The molecule has 0 N–H and O–H groups in total. The van der Waals surface area contributed by atoms with Crippen molar-refractivity contribution in [2.75, 3.05) is 54.1 Å². The summed E-state index contributed by atoms with van der Waals surface area (Å²) in [7, 11) is 1.35. The minimum atomic E-state index is -2.38. The van der Waals surface area contributed by atoms with Gasteiger partial charge >= 0.3 is 8.80 Å². The van der Waals surface area contributed by atoms with E-state index in [2.05, 4.69) is 43.3 Å². The third kappa shape index (κ3) is 5.62. The minimum absolute atomic E-state index is 0.434. The Balaban J connectivity index is 2.32. The van der Waals surface area contributed by atoms with E-state index in [4.69, 9.17) is 13.3 Å². The lowest BCUT2D eigenvalue weighted by Gasteiger charge is -2.49. The molecule has 1 saturated heterocycles. The van der Waals surface area contributed by atoms with Crippen LogP contribution in [0.5, 0.6) is 0 Å². The molecule has 7 heteroatoms. The van der Waals surface area contributed by atoms with Crippen LogP contribution in [0.4, 0.5) is 0 Å². The van der Waals surface area contributed by atoms with E-state index in [1.54, 1.807) is 21.3 Å². The number of hydrogen-bond acceptors (Lipinski definition) is 5. The highest BCUT2D eigenvalue weighted by Gasteiger charge is 2.41. The average Bonchev–Trinajstić information content (AvgIpc) is 2.55. The molecule has 1 fully saturated rings. The summed E-state index contributed by atoms with van der Waals surface area (Å²) >= 11 is 0. The van der Waals surface area contributed by atoms with Crippen LogP contribution in [0.15, 0.2) is 0 Å². The van der Waals surface area contributed by atoms with Crippen LogP contribution in [0, 0.1) is 0 Å². The Hall–Kier alpha value is 0.234. The third-order valence-corrected chi connectivity index (χ3v) is 14.7. The van der Waals surface area contributed by atoms with E-state index in [1.807, 2.05) is 0 Å². The Morgan fingerprint density at radius 1 is 0.833 bits per heavy atom. The smallest absolute Gasteiger partial charge is 0.377 e. The van der Waals surface area contributed by atoms with Gasteiger partial charge in [-0.05, 0) is 24.4 Å². The molecule has 0 bridgehead atoms. The van der Waals surface area contributed by atoms with Gasteiger partial charge < -0.3 is 22.7 Å². The molecule has 0 aromatic rings. The topological polar surface area (TPSA) is 34.2 Å². The van der Waals surface area contributed by atoms with E-state index >= 15 is 0 Å². The van der Waals surface area contributed by atoms with Gasteiger partial charge in [-0.15, -0.1) is 0 Å². The molecule has 5 nitrogen and oxygen atoms in total. The maximum atomic E-state index is 5.49. The molecule has 1 rings (SSSR count). The maximum Gasteiger partial charge on any atom is 0.500 e. The zero-order chi connectivity index (χ0) is 18.4. The van der Waals surface area contributed by atoms with E-state index in [9.17, 15) is 0 Å². The molecule has 1 aliphatic heterocycles. The largest absolute Gasteiger partial charge is 0.500 e. The SMILES string of the molecule is CO[Si](CCCCN1CCN([Si](C)(C)C(C)(C)C)CC1)(OC)OC. The first kappa shape index (κ1) is 22.3. The number of piperazine rings is 1. The van der Waals surface area contributed by atoms with E-state index in [0.29, 0.717) is 5.04 Å². The molecule has 0 spiro atoms. The van der Waals surface area contributed by atoms with Gasteiger partial charge in [0.15, 0.2) is 0 Å². The summed E-state index contributed by atoms with van der Waals surface area (Å²) < 4.78 is 19.3. The first-order chi connectivity index (χ1) is 11.1. The fourth-order valence-electron chi connectivity index (χ4n) is 3.24. The highest BCUT2D eigenvalue weighted by Crippen LogP contribution is 2.38. The summed E-state index contributed by atoms with van der Waals surface area (Å²) in [6.45, 7) is 18.3. The van der Waals surface area contributed by atoms with Crippen LogP contribution in [0.25, 0.3) is 0 Å². The second kappa shape index (κ2) is 9.25. The number of nitrogens with zero attached hydrogens (tertiary/aromatic N) is 2. The third-order valence-electron chi connectivity index (χ3n) is 6.14. The van der Waals surface area contributed by atoms with Crippen LogP contribution in [-0.4, -0.2) is 80.6 Å². The summed E-state index contributed by atoms with van der Waals surface area (Å²) in [6.07, 6.45) is 2.29. The van der Waals surface area contributed by atoms with Gasteiger partial charge in [0, 0.05) is 53.6 Å². The highest BCUT2D eigenvalue weighted by atomic mass is 28.4. The fourth-order valence-corrected chi connectivity index (χ4v) is 7.30. The normalized spacial score (nSPS) is 19.0. The summed E-state index contributed by atoms with van der Waals surface area (Å²) in [5.41, 5.74) is 0. The first-order valence-corrected chi connectivity index (χ1v) is 14.1. The van der Waals surface area contributed by atoms with Crippen molar-refractivity contribution >= 4 is 17.0 Å². The van der Waals surface area contributed by atoms with Crippen LogP contribution in [0.2, 0.25) is 24.2 Å². The van der Waals surface area contributed by atoms with Crippen LogP contribution in [-0.2, 0) is 13.3 Å². The van der Waals surface area contributed by atoms with Gasteiger partial charge in [0.2, 0.25) is 0 Å². The van der Waals surface area contributed by atoms with Gasteiger partial charge in [0.1, 0.15) is 8.24 Å². The summed E-state index contributed by atoms with van der Waals surface area (Å²) in [4.78, 5) is 2.61. The van der Waals surface area contributed by atoms with Crippen molar-refractivity contribution in [3.63, 3.8) is 0 Å². The van der Waals surface area contributed by atoms with E-state index in [-0.39, 0.29) is 0 Å². The van der Waals surface area contributed by atoms with Crippen LogP contribution in [0.3, 0.4) is 0 Å². The molecule has 0 aromatic carbocycles. The lowest BCUT2D eigenvalue weighted by molar-refractivity contribution is 0.121. The van der Waals surface area contributed by atoms with Crippen molar-refractivity contribution in [1.82, 2.24) is 9.47 Å². The van der Waals surface area contributed by atoms with E-state index in [0.717, 1.165) is 12.5 Å². The van der Waals surface area contributed by atoms with Crippen molar-refractivity contribution in [2.45, 2.75) is 57.8 Å². The van der Waals surface area contributed by atoms with Crippen molar-refractivity contribution in [1.29, 1.82) is 0 Å². The van der Waals surface area contributed by atoms with Crippen molar-refractivity contribution in [3.8, 4) is 0 Å². The minimum Gasteiger partial charge on any atom is -0.377 e. The summed E-state index contributed by atoms with van der Waals surface area (Å²) in [5.74, 6) is 0. The molecule has 1 heterocycles. The van der Waals surface area contributed by atoms with Crippen molar-refractivity contribution in [2.24, 2.45) is 0 Å². The van der Waals surface area contributed by atoms with E-state index in [1.165, 1.54) is 39.1 Å². The van der Waals surface area contributed by atoms with Crippen LogP contribution in [0.1, 0.15) is 33.6 Å². The molecule has 0 aliphatic carbocycles. The maximum absolute atomic E-state index is 5.49. The lowest BCUT2D eigenvalue weighted by Crippen LogP contribution is -2.61. The highest BCUT2D eigenvalue weighted by molar-refractivity contribution is 6.77. The van der Waals surface area contributed by atoms with Gasteiger partial charge in [-0.25, -0.2) is 0 Å². The Morgan fingerprint density at radius 3 is 1.75 bits per heavy atom. The van der Waals surface area contributed by atoms with Gasteiger partial charge in [-0.3, -0.25) is 0 Å². The molecule has 0 unspecified atom stereocenters. The molecule has 1 aliphatic rings. The molecule has 144 valence electrons. The molecule has 24 heavy (non-hydrogen) atoms. The van der Waals surface area contributed by atoms with Crippen LogP contribution < -0.4 is 0 Å². The van der Waals surface area contributed by atoms with E-state index < -0.39 is 17.0 Å². The average molecular weight is 377 g/mol. The first-order valence-electron chi connectivity index (χ1n) is 9.25. The van der Waals surface area contributed by atoms with Gasteiger partial charge in [0.25, 0.3) is 0 Å². The molecule has 0 aromatic heterocycles. The molecule has 0 amide bonds.